The number of carbonyl (C=O) groups excluding carboxylic acids is 2. The van der Waals surface area contributed by atoms with E-state index in [9.17, 15) is 9.59 Å². The number of benzene rings is 1. The lowest BCUT2D eigenvalue weighted by Gasteiger charge is -2.31. The highest BCUT2D eigenvalue weighted by molar-refractivity contribution is 6.09. The molecule has 1 saturated heterocycles. The molecule has 20 heavy (non-hydrogen) atoms. The topological polar surface area (TPSA) is 61.2 Å². The van der Waals surface area contributed by atoms with Crippen LogP contribution in [0.25, 0.3) is 0 Å². The summed E-state index contributed by atoms with van der Waals surface area (Å²) in [5.41, 5.74) is 3.04. The molecule has 0 saturated carbocycles. The van der Waals surface area contributed by atoms with Gasteiger partial charge in [-0.05, 0) is 49.9 Å². The molecule has 1 aromatic rings. The number of Topliss-reactive ketones (excluding diaryl/α,β-unsaturated/α-hetero) is 1. The molecule has 104 valence electrons. The summed E-state index contributed by atoms with van der Waals surface area (Å²) in [5.74, 6) is -1.07. The molecule has 1 aliphatic heterocycles. The lowest BCUT2D eigenvalue weighted by Crippen LogP contribution is -2.44. The van der Waals surface area contributed by atoms with Crippen LogP contribution < -0.4 is 4.90 Å². The van der Waals surface area contributed by atoms with Gasteiger partial charge in [-0.25, -0.2) is 0 Å². The third-order valence-electron chi connectivity index (χ3n) is 3.60. The summed E-state index contributed by atoms with van der Waals surface area (Å²) < 4.78 is 0. The van der Waals surface area contributed by atoms with Crippen LogP contribution in [0.4, 0.5) is 5.69 Å². The van der Waals surface area contributed by atoms with Gasteiger partial charge in [0.15, 0.2) is 5.78 Å². The van der Waals surface area contributed by atoms with Crippen LogP contribution in [0, 0.1) is 31.1 Å². The van der Waals surface area contributed by atoms with Crippen molar-refractivity contribution in [3.05, 3.63) is 29.3 Å². The molecule has 1 atom stereocenters. The zero-order valence-corrected chi connectivity index (χ0v) is 11.8. The molecular formula is C16H18N2O2. The summed E-state index contributed by atoms with van der Waals surface area (Å²) in [7, 11) is 0. The van der Waals surface area contributed by atoms with Gasteiger partial charge in [-0.3, -0.25) is 9.59 Å². The molecule has 1 heterocycles. The number of hydrogen-bond donors (Lipinski definition) is 0. The first-order chi connectivity index (χ1) is 9.52. The summed E-state index contributed by atoms with van der Waals surface area (Å²) in [6.07, 6.45) is 1.16. The molecular weight excluding hydrogens is 252 g/mol. The van der Waals surface area contributed by atoms with Crippen molar-refractivity contribution in [2.75, 3.05) is 11.4 Å². The monoisotopic (exact) mass is 270 g/mol. The standard InChI is InChI=1S/C16H18N2O2/c1-11-8-12(2)10-13(9-11)18-7-3-4-14(16(18)20)15(19)5-6-17/h8-10,14H,3-5,7H2,1-2H3/t14-/m0/s1. The van der Waals surface area contributed by atoms with Crippen molar-refractivity contribution >= 4 is 17.4 Å². The number of piperidine rings is 1. The van der Waals surface area contributed by atoms with E-state index in [1.165, 1.54) is 0 Å². The number of rotatable bonds is 3. The molecule has 0 bridgehead atoms. The van der Waals surface area contributed by atoms with E-state index in [0.717, 1.165) is 23.2 Å². The average Bonchev–Trinajstić information content (AvgIpc) is 2.38. The van der Waals surface area contributed by atoms with Crippen LogP contribution >= 0.6 is 0 Å². The maximum Gasteiger partial charge on any atom is 0.237 e. The Hall–Kier alpha value is -2.15. The number of nitrogens with zero attached hydrogens (tertiary/aromatic N) is 2. The van der Waals surface area contributed by atoms with Crippen LogP contribution in [-0.4, -0.2) is 18.2 Å². The Morgan fingerprint density at radius 1 is 1.35 bits per heavy atom. The first-order valence-corrected chi connectivity index (χ1v) is 6.82. The van der Waals surface area contributed by atoms with Gasteiger partial charge in [-0.1, -0.05) is 6.07 Å². The van der Waals surface area contributed by atoms with E-state index in [-0.39, 0.29) is 18.1 Å². The summed E-state index contributed by atoms with van der Waals surface area (Å²) in [6, 6.07) is 7.81. The van der Waals surface area contributed by atoms with Crippen molar-refractivity contribution in [1.29, 1.82) is 5.26 Å². The maximum atomic E-state index is 12.5. The van der Waals surface area contributed by atoms with Gasteiger partial charge >= 0.3 is 0 Å². The Morgan fingerprint density at radius 3 is 2.60 bits per heavy atom. The van der Waals surface area contributed by atoms with E-state index in [2.05, 4.69) is 6.07 Å². The number of amides is 1. The van der Waals surface area contributed by atoms with E-state index in [4.69, 9.17) is 5.26 Å². The van der Waals surface area contributed by atoms with Crippen molar-refractivity contribution < 1.29 is 9.59 Å². The normalized spacial score (nSPS) is 18.8. The zero-order valence-electron chi connectivity index (χ0n) is 11.8. The molecule has 2 rings (SSSR count). The summed E-state index contributed by atoms with van der Waals surface area (Å²) >= 11 is 0. The number of anilines is 1. The Balaban J connectivity index is 2.26. The second-order valence-electron chi connectivity index (χ2n) is 5.33. The SMILES string of the molecule is Cc1cc(C)cc(N2CCC[C@@H](C(=O)CC#N)C2=O)c1. The molecule has 0 N–H and O–H groups in total. The van der Waals surface area contributed by atoms with Crippen LogP contribution in [0.3, 0.4) is 0 Å². The van der Waals surface area contributed by atoms with Gasteiger partial charge in [0.2, 0.25) is 5.91 Å². The van der Waals surface area contributed by atoms with E-state index in [1.807, 2.05) is 32.0 Å². The quantitative estimate of drug-likeness (QED) is 0.793. The average molecular weight is 270 g/mol. The predicted octanol–water partition coefficient (Wildman–Crippen LogP) is 2.53. The number of carbonyl (C=O) groups is 2. The fourth-order valence-electron chi connectivity index (χ4n) is 2.74. The van der Waals surface area contributed by atoms with Crippen molar-refractivity contribution in [3.63, 3.8) is 0 Å². The number of aryl methyl sites for hydroxylation is 2. The molecule has 0 radical (unpaired) electrons. The van der Waals surface area contributed by atoms with Gasteiger partial charge in [0.05, 0.1) is 18.4 Å². The Morgan fingerprint density at radius 2 is 2.00 bits per heavy atom. The molecule has 1 fully saturated rings. The molecule has 0 spiro atoms. The van der Waals surface area contributed by atoms with Gasteiger partial charge < -0.3 is 4.90 Å². The van der Waals surface area contributed by atoms with Crippen LogP contribution in [0.5, 0.6) is 0 Å². The van der Waals surface area contributed by atoms with Crippen molar-refractivity contribution in [1.82, 2.24) is 0 Å². The Labute approximate surface area is 119 Å². The molecule has 4 nitrogen and oxygen atoms in total. The number of nitriles is 1. The van der Waals surface area contributed by atoms with Crippen LogP contribution in [-0.2, 0) is 9.59 Å². The molecule has 4 heteroatoms. The first-order valence-electron chi connectivity index (χ1n) is 6.82. The smallest absolute Gasteiger partial charge is 0.237 e. The molecule has 1 aromatic carbocycles. The van der Waals surface area contributed by atoms with E-state index in [0.29, 0.717) is 13.0 Å². The second-order valence-corrected chi connectivity index (χ2v) is 5.33. The fourth-order valence-corrected chi connectivity index (χ4v) is 2.74. The van der Waals surface area contributed by atoms with E-state index < -0.39 is 5.92 Å². The van der Waals surface area contributed by atoms with Crippen molar-refractivity contribution in [2.24, 2.45) is 5.92 Å². The molecule has 0 aromatic heterocycles. The molecule has 0 aliphatic carbocycles. The maximum absolute atomic E-state index is 12.5. The summed E-state index contributed by atoms with van der Waals surface area (Å²) in [4.78, 5) is 26.0. The Kier molecular flexibility index (Phi) is 4.19. The van der Waals surface area contributed by atoms with Crippen molar-refractivity contribution in [3.8, 4) is 6.07 Å². The van der Waals surface area contributed by atoms with Gasteiger partial charge in [0.1, 0.15) is 0 Å². The van der Waals surface area contributed by atoms with Crippen molar-refractivity contribution in [2.45, 2.75) is 33.1 Å². The highest BCUT2D eigenvalue weighted by Crippen LogP contribution is 2.27. The van der Waals surface area contributed by atoms with Crippen LogP contribution in [0.1, 0.15) is 30.4 Å². The number of ketones is 1. The van der Waals surface area contributed by atoms with Gasteiger partial charge in [-0.2, -0.15) is 5.26 Å². The predicted molar refractivity (Wildman–Crippen MR) is 76.2 cm³/mol. The van der Waals surface area contributed by atoms with Gasteiger partial charge in [0, 0.05) is 12.2 Å². The molecule has 1 amide bonds. The number of hydrogen-bond acceptors (Lipinski definition) is 3. The minimum absolute atomic E-state index is 0.165. The summed E-state index contributed by atoms with van der Waals surface area (Å²) in [5, 5.41) is 8.61. The minimum atomic E-state index is -0.649. The van der Waals surface area contributed by atoms with E-state index >= 15 is 0 Å². The first kappa shape index (κ1) is 14.3. The van der Waals surface area contributed by atoms with Gasteiger partial charge in [0.25, 0.3) is 0 Å². The summed E-state index contributed by atoms with van der Waals surface area (Å²) in [6.45, 7) is 4.62. The third kappa shape index (κ3) is 2.88. The van der Waals surface area contributed by atoms with Crippen LogP contribution in [0.15, 0.2) is 18.2 Å². The molecule has 0 unspecified atom stereocenters. The highest BCUT2D eigenvalue weighted by atomic mass is 16.2. The second kappa shape index (κ2) is 5.87. The lowest BCUT2D eigenvalue weighted by atomic mass is 9.91. The zero-order chi connectivity index (χ0) is 14.7. The van der Waals surface area contributed by atoms with Crippen LogP contribution in [0.2, 0.25) is 0 Å². The highest BCUT2D eigenvalue weighted by Gasteiger charge is 2.34. The third-order valence-corrected chi connectivity index (χ3v) is 3.60. The Bertz CT molecular complexity index is 566. The lowest BCUT2D eigenvalue weighted by molar-refractivity contribution is -0.133. The molecule has 1 aliphatic rings. The fraction of sp³-hybridized carbons (Fsp3) is 0.438. The van der Waals surface area contributed by atoms with E-state index in [1.54, 1.807) is 4.90 Å². The van der Waals surface area contributed by atoms with Gasteiger partial charge in [-0.15, -0.1) is 0 Å². The minimum Gasteiger partial charge on any atom is -0.312 e. The largest absolute Gasteiger partial charge is 0.312 e.